The number of carbonyl (C=O) groups excluding carboxylic acids is 1. The zero-order valence-electron chi connectivity index (χ0n) is 14.9. The minimum atomic E-state index is -0.653. The summed E-state index contributed by atoms with van der Waals surface area (Å²) < 4.78 is 0. The van der Waals surface area contributed by atoms with Crippen molar-refractivity contribution in [2.45, 2.75) is 62.9 Å². The van der Waals surface area contributed by atoms with Crippen LogP contribution >= 0.6 is 0 Å². The molecule has 3 N–H and O–H groups in total. The van der Waals surface area contributed by atoms with E-state index >= 15 is 0 Å². The molecule has 6 nitrogen and oxygen atoms in total. The van der Waals surface area contributed by atoms with Gasteiger partial charge in [-0.15, -0.1) is 0 Å². The van der Waals surface area contributed by atoms with E-state index in [4.69, 9.17) is 0 Å². The summed E-state index contributed by atoms with van der Waals surface area (Å²) >= 11 is 0. The zero-order chi connectivity index (χ0) is 17.8. The number of anilines is 1. The molecule has 3 aliphatic rings. The number of hydrogen-bond donors (Lipinski definition) is 3. The predicted octanol–water partition coefficient (Wildman–Crippen LogP) is 1.25. The topological polar surface area (TPSA) is 76.0 Å². The number of hydrogen-bond acceptors (Lipinski definition) is 5. The molecule has 4 rings (SSSR count). The van der Waals surface area contributed by atoms with Crippen LogP contribution in [0.25, 0.3) is 0 Å². The average Bonchev–Trinajstić information content (AvgIpc) is 2.58. The molecular formula is C19H27N3O3. The highest BCUT2D eigenvalue weighted by atomic mass is 16.3. The van der Waals surface area contributed by atoms with Gasteiger partial charge < -0.3 is 20.4 Å². The summed E-state index contributed by atoms with van der Waals surface area (Å²) in [7, 11) is 0. The molecule has 0 unspecified atom stereocenters. The molecule has 0 aromatic heterocycles. The van der Waals surface area contributed by atoms with Crippen molar-refractivity contribution < 1.29 is 15.0 Å². The van der Waals surface area contributed by atoms with Crippen LogP contribution in [0.1, 0.15) is 43.5 Å². The van der Waals surface area contributed by atoms with Crippen LogP contribution in [0.5, 0.6) is 0 Å². The van der Waals surface area contributed by atoms with E-state index in [0.717, 1.165) is 25.1 Å². The van der Waals surface area contributed by atoms with Crippen molar-refractivity contribution in [2.75, 3.05) is 18.5 Å². The van der Waals surface area contributed by atoms with Crippen LogP contribution in [0.15, 0.2) is 24.3 Å². The molecule has 1 amide bonds. The lowest BCUT2D eigenvalue weighted by molar-refractivity contribution is -0.142. The highest BCUT2D eigenvalue weighted by molar-refractivity contribution is 6.01. The number of aliphatic hydroxyl groups is 2. The Kier molecular flexibility index (Phi) is 4.02. The van der Waals surface area contributed by atoms with Gasteiger partial charge in [-0.05, 0) is 51.8 Å². The number of benzene rings is 1. The van der Waals surface area contributed by atoms with Crippen LogP contribution in [0.4, 0.5) is 5.69 Å². The number of fused-ring (bicyclic) bond motifs is 2. The van der Waals surface area contributed by atoms with E-state index < -0.39 is 17.7 Å². The largest absolute Gasteiger partial charge is 0.391 e. The van der Waals surface area contributed by atoms with Gasteiger partial charge in [-0.3, -0.25) is 9.69 Å². The second kappa shape index (κ2) is 5.97. The minimum Gasteiger partial charge on any atom is -0.391 e. The van der Waals surface area contributed by atoms with E-state index in [1.54, 1.807) is 4.90 Å². The molecular weight excluding hydrogens is 318 g/mol. The summed E-state index contributed by atoms with van der Waals surface area (Å²) in [6, 6.07) is 7.16. The number of nitrogens with one attached hydrogen (secondary N) is 1. The van der Waals surface area contributed by atoms with Crippen molar-refractivity contribution in [3.63, 3.8) is 0 Å². The van der Waals surface area contributed by atoms with Crippen molar-refractivity contribution in [1.29, 1.82) is 0 Å². The van der Waals surface area contributed by atoms with Gasteiger partial charge in [-0.25, -0.2) is 0 Å². The first kappa shape index (κ1) is 16.8. The second-order valence-corrected chi connectivity index (χ2v) is 8.03. The average molecular weight is 345 g/mol. The quantitative estimate of drug-likeness (QED) is 0.714. The molecule has 2 saturated heterocycles. The molecule has 1 aromatic carbocycles. The first-order valence-corrected chi connectivity index (χ1v) is 9.18. The Morgan fingerprint density at radius 2 is 1.96 bits per heavy atom. The van der Waals surface area contributed by atoms with Gasteiger partial charge in [0, 0.05) is 17.3 Å². The van der Waals surface area contributed by atoms with E-state index in [9.17, 15) is 15.0 Å². The Labute approximate surface area is 148 Å². The van der Waals surface area contributed by atoms with E-state index in [-0.39, 0.29) is 18.0 Å². The van der Waals surface area contributed by atoms with Gasteiger partial charge in [0.2, 0.25) is 0 Å². The normalized spacial score (nSPS) is 34.9. The highest BCUT2D eigenvalue weighted by Gasteiger charge is 2.54. The third kappa shape index (κ3) is 2.55. The lowest BCUT2D eigenvalue weighted by Gasteiger charge is -2.59. The van der Waals surface area contributed by atoms with Crippen LogP contribution in [-0.4, -0.2) is 69.0 Å². The number of para-hydroxylation sites is 1. The summed E-state index contributed by atoms with van der Waals surface area (Å²) in [4.78, 5) is 17.1. The lowest BCUT2D eigenvalue weighted by atomic mass is 9.75. The standard InChI is InChI=1S/C19H27N3O3/c1-19(2)17(16(24)10-14-15(23)8-5-9-22(14)19)21-11-20-13-7-4-3-6-12(13)18(21)25/h3-4,6-7,14-17,20,23-24H,5,8-11H2,1-2H3/t14-,15+,16+,17+/m1/s1. The van der Waals surface area contributed by atoms with Crippen molar-refractivity contribution in [1.82, 2.24) is 9.80 Å². The third-order valence-corrected chi connectivity index (χ3v) is 6.25. The number of carbonyl (C=O) groups is 1. The van der Waals surface area contributed by atoms with Crippen LogP contribution in [0, 0.1) is 0 Å². The number of aliphatic hydroxyl groups excluding tert-OH is 2. The van der Waals surface area contributed by atoms with Gasteiger partial charge in [0.05, 0.1) is 30.5 Å². The lowest BCUT2D eigenvalue weighted by Crippen LogP contribution is -2.73. The van der Waals surface area contributed by atoms with Crippen LogP contribution in [0.3, 0.4) is 0 Å². The predicted molar refractivity (Wildman–Crippen MR) is 95.3 cm³/mol. The van der Waals surface area contributed by atoms with E-state index in [1.807, 2.05) is 24.3 Å². The second-order valence-electron chi connectivity index (χ2n) is 8.03. The molecule has 1 aromatic rings. The molecule has 25 heavy (non-hydrogen) atoms. The Balaban J connectivity index is 1.67. The molecule has 2 fully saturated rings. The molecule has 6 heteroatoms. The number of nitrogens with zero attached hydrogens (tertiary/aromatic N) is 2. The maximum Gasteiger partial charge on any atom is 0.257 e. The van der Waals surface area contributed by atoms with Crippen molar-refractivity contribution in [3.05, 3.63) is 29.8 Å². The molecule has 0 aliphatic carbocycles. The number of amides is 1. The van der Waals surface area contributed by atoms with Crippen LogP contribution < -0.4 is 5.32 Å². The van der Waals surface area contributed by atoms with Gasteiger partial charge in [0.1, 0.15) is 0 Å². The Bertz CT molecular complexity index is 678. The Morgan fingerprint density at radius 3 is 2.76 bits per heavy atom. The van der Waals surface area contributed by atoms with Gasteiger partial charge >= 0.3 is 0 Å². The van der Waals surface area contributed by atoms with Crippen molar-refractivity contribution in [2.24, 2.45) is 0 Å². The first-order chi connectivity index (χ1) is 11.9. The maximum atomic E-state index is 13.1. The molecule has 0 saturated carbocycles. The van der Waals surface area contributed by atoms with E-state index in [1.165, 1.54) is 0 Å². The van der Waals surface area contributed by atoms with E-state index in [2.05, 4.69) is 24.1 Å². The van der Waals surface area contributed by atoms with Gasteiger partial charge in [0.25, 0.3) is 5.91 Å². The molecule has 0 bridgehead atoms. The van der Waals surface area contributed by atoms with Crippen LogP contribution in [0.2, 0.25) is 0 Å². The monoisotopic (exact) mass is 345 g/mol. The zero-order valence-corrected chi connectivity index (χ0v) is 14.9. The highest BCUT2D eigenvalue weighted by Crippen LogP contribution is 2.40. The summed E-state index contributed by atoms with van der Waals surface area (Å²) in [5, 5.41) is 24.6. The summed E-state index contributed by atoms with van der Waals surface area (Å²) in [6.07, 6.45) is 1.17. The summed E-state index contributed by atoms with van der Waals surface area (Å²) in [6.45, 7) is 5.45. The fourth-order valence-corrected chi connectivity index (χ4v) is 5.09. The van der Waals surface area contributed by atoms with Gasteiger partial charge in [-0.2, -0.15) is 0 Å². The molecule has 4 atom stereocenters. The fraction of sp³-hybridized carbons (Fsp3) is 0.632. The third-order valence-electron chi connectivity index (χ3n) is 6.25. The van der Waals surface area contributed by atoms with E-state index in [0.29, 0.717) is 18.7 Å². The molecule has 3 aliphatic heterocycles. The van der Waals surface area contributed by atoms with Crippen LogP contribution in [-0.2, 0) is 0 Å². The minimum absolute atomic E-state index is 0.0323. The van der Waals surface area contributed by atoms with Crippen molar-refractivity contribution >= 4 is 11.6 Å². The fourth-order valence-electron chi connectivity index (χ4n) is 5.09. The number of rotatable bonds is 1. The SMILES string of the molecule is CC1(C)[C@@H](N2CNc3ccccc3C2=O)[C@@H](O)C[C@@H]2[C@@H](O)CCCN21. The molecule has 0 radical (unpaired) electrons. The summed E-state index contributed by atoms with van der Waals surface area (Å²) in [5.74, 6) is -0.0394. The van der Waals surface area contributed by atoms with Gasteiger partial charge in [0.15, 0.2) is 0 Å². The Hall–Kier alpha value is -1.63. The summed E-state index contributed by atoms with van der Waals surface area (Å²) in [5.41, 5.74) is 1.09. The number of piperidine rings is 2. The van der Waals surface area contributed by atoms with Crippen molar-refractivity contribution in [3.8, 4) is 0 Å². The molecule has 0 spiro atoms. The van der Waals surface area contributed by atoms with Gasteiger partial charge in [-0.1, -0.05) is 12.1 Å². The molecule has 3 heterocycles. The maximum absolute atomic E-state index is 13.1. The first-order valence-electron chi connectivity index (χ1n) is 9.18. The molecule has 136 valence electrons. The smallest absolute Gasteiger partial charge is 0.257 e. The Morgan fingerprint density at radius 1 is 1.20 bits per heavy atom.